The van der Waals surface area contributed by atoms with E-state index in [2.05, 4.69) is 15.3 Å². The van der Waals surface area contributed by atoms with Crippen LogP contribution in [0.15, 0.2) is 28.0 Å². The Hall–Kier alpha value is -1.78. The van der Waals surface area contributed by atoms with Crippen LogP contribution < -0.4 is 5.32 Å². The Labute approximate surface area is 69.0 Å². The molecule has 5 nitrogen and oxygen atoms in total. The normalized spacial score (nSPS) is 10.1. The lowest BCUT2D eigenvalue weighted by Crippen LogP contribution is -2.10. The Bertz CT molecular complexity index is 266. The van der Waals surface area contributed by atoms with E-state index < -0.39 is 5.91 Å². The maximum absolute atomic E-state index is 10.8. The Balaban J connectivity index is 2.42. The van der Waals surface area contributed by atoms with Crippen LogP contribution in [0.4, 0.5) is 5.88 Å². The molecule has 0 bridgehead atoms. The van der Waals surface area contributed by atoms with Crippen LogP contribution in [0, 0.1) is 0 Å². The van der Waals surface area contributed by atoms with Crippen molar-refractivity contribution in [1.82, 2.24) is 5.32 Å². The summed E-state index contributed by atoms with van der Waals surface area (Å²) >= 11 is 0. The summed E-state index contributed by atoms with van der Waals surface area (Å²) in [5.41, 5.74) is 0. The zero-order valence-corrected chi connectivity index (χ0v) is 6.43. The van der Waals surface area contributed by atoms with Gasteiger partial charge in [-0.2, -0.15) is 5.32 Å². The molecule has 5 heteroatoms. The molecule has 1 aromatic heterocycles. The van der Waals surface area contributed by atoms with E-state index in [1.54, 1.807) is 12.1 Å². The Morgan fingerprint density at radius 2 is 2.58 bits per heavy atom. The molecule has 1 amide bonds. The van der Waals surface area contributed by atoms with Crippen LogP contribution in [0.5, 0.6) is 0 Å². The Morgan fingerprint density at radius 1 is 1.75 bits per heavy atom. The van der Waals surface area contributed by atoms with Crippen LogP contribution in [0.25, 0.3) is 0 Å². The molecule has 0 N–H and O–H groups in total. The summed E-state index contributed by atoms with van der Waals surface area (Å²) < 4.78 is 4.79. The number of nitrogens with zero attached hydrogens (tertiary/aromatic N) is 2. The number of hydrogen-bond acceptors (Lipinski definition) is 4. The summed E-state index contributed by atoms with van der Waals surface area (Å²) in [6, 6.07) is 3.21. The van der Waals surface area contributed by atoms with Gasteiger partial charge in [-0.3, -0.25) is 4.79 Å². The third kappa shape index (κ3) is 2.45. The molecular formula is C7H7N2O3. The smallest absolute Gasteiger partial charge is 0.294 e. The van der Waals surface area contributed by atoms with Gasteiger partial charge in [-0.05, 0) is 6.07 Å². The van der Waals surface area contributed by atoms with Gasteiger partial charge in [0.1, 0.15) is 13.3 Å². The minimum atomic E-state index is -0.521. The van der Waals surface area contributed by atoms with Gasteiger partial charge in [0.25, 0.3) is 5.91 Å². The molecule has 12 heavy (non-hydrogen) atoms. The van der Waals surface area contributed by atoms with E-state index in [1.807, 2.05) is 0 Å². The average Bonchev–Trinajstić information content (AvgIpc) is 2.53. The standard InChI is InChI=1S/C7H7N2O3/c1-11-8-5-6(10)9-7-3-2-4-12-7/h2-5H,1H3. The highest BCUT2D eigenvalue weighted by Gasteiger charge is 2.02. The van der Waals surface area contributed by atoms with E-state index in [-0.39, 0.29) is 5.88 Å². The predicted octanol–water partition coefficient (Wildman–Crippen LogP) is 0.674. The molecule has 0 aliphatic heterocycles. The van der Waals surface area contributed by atoms with E-state index in [0.717, 1.165) is 6.21 Å². The fraction of sp³-hybridized carbons (Fsp3) is 0.143. The number of hydrogen-bond donors (Lipinski definition) is 0. The summed E-state index contributed by atoms with van der Waals surface area (Å²) in [6.07, 6.45) is 2.39. The summed E-state index contributed by atoms with van der Waals surface area (Å²) in [4.78, 5) is 15.1. The van der Waals surface area contributed by atoms with Crippen molar-refractivity contribution < 1.29 is 14.0 Å². The molecule has 1 rings (SSSR count). The van der Waals surface area contributed by atoms with Crippen molar-refractivity contribution >= 4 is 18.0 Å². The molecule has 63 valence electrons. The second-order valence-electron chi connectivity index (χ2n) is 1.82. The molecular weight excluding hydrogens is 160 g/mol. The van der Waals surface area contributed by atoms with Crippen molar-refractivity contribution in [3.8, 4) is 0 Å². The maximum Gasteiger partial charge on any atom is 0.294 e. The number of furan rings is 1. The van der Waals surface area contributed by atoms with Crippen molar-refractivity contribution in [1.29, 1.82) is 0 Å². The average molecular weight is 167 g/mol. The van der Waals surface area contributed by atoms with Crippen molar-refractivity contribution in [3.63, 3.8) is 0 Å². The van der Waals surface area contributed by atoms with Gasteiger partial charge in [0, 0.05) is 6.07 Å². The van der Waals surface area contributed by atoms with E-state index in [1.165, 1.54) is 13.4 Å². The van der Waals surface area contributed by atoms with E-state index in [9.17, 15) is 4.79 Å². The second kappa shape index (κ2) is 4.17. The molecule has 0 saturated carbocycles. The van der Waals surface area contributed by atoms with Crippen molar-refractivity contribution in [3.05, 3.63) is 18.4 Å². The van der Waals surface area contributed by atoms with Gasteiger partial charge in [0.05, 0.1) is 6.26 Å². The summed E-state index contributed by atoms with van der Waals surface area (Å²) in [5, 5.41) is 6.76. The van der Waals surface area contributed by atoms with Gasteiger partial charge in [0.2, 0.25) is 5.88 Å². The second-order valence-corrected chi connectivity index (χ2v) is 1.82. The van der Waals surface area contributed by atoms with E-state index in [4.69, 9.17) is 4.42 Å². The van der Waals surface area contributed by atoms with Crippen LogP contribution in [-0.2, 0) is 9.63 Å². The van der Waals surface area contributed by atoms with Gasteiger partial charge >= 0.3 is 0 Å². The minimum absolute atomic E-state index is 0.252. The first kappa shape index (κ1) is 8.32. The van der Waals surface area contributed by atoms with Gasteiger partial charge in [-0.25, -0.2) is 0 Å². The molecule has 0 aromatic carbocycles. The van der Waals surface area contributed by atoms with Crippen molar-refractivity contribution in [2.45, 2.75) is 0 Å². The third-order valence-corrected chi connectivity index (χ3v) is 0.995. The van der Waals surface area contributed by atoms with E-state index in [0.29, 0.717) is 0 Å². The molecule has 0 aliphatic rings. The number of carbonyl (C=O) groups excluding carboxylic acids is 1. The number of rotatable bonds is 3. The predicted molar refractivity (Wildman–Crippen MR) is 41.0 cm³/mol. The number of carbonyl (C=O) groups is 1. The Morgan fingerprint density at radius 3 is 3.17 bits per heavy atom. The topological polar surface area (TPSA) is 65.9 Å². The van der Waals surface area contributed by atoms with Crippen LogP contribution in [0.1, 0.15) is 0 Å². The van der Waals surface area contributed by atoms with Crippen LogP contribution >= 0.6 is 0 Å². The molecule has 0 atom stereocenters. The van der Waals surface area contributed by atoms with E-state index >= 15 is 0 Å². The monoisotopic (exact) mass is 167 g/mol. The Kier molecular flexibility index (Phi) is 2.89. The SMILES string of the molecule is CON=CC(=O)[N]c1ccco1. The lowest BCUT2D eigenvalue weighted by Gasteiger charge is -1.89. The van der Waals surface area contributed by atoms with Crippen LogP contribution in [0.3, 0.4) is 0 Å². The lowest BCUT2D eigenvalue weighted by molar-refractivity contribution is -0.114. The molecule has 0 unspecified atom stereocenters. The highest BCUT2D eigenvalue weighted by molar-refractivity contribution is 6.26. The molecule has 0 fully saturated rings. The first-order chi connectivity index (χ1) is 5.83. The van der Waals surface area contributed by atoms with Crippen LogP contribution in [0.2, 0.25) is 0 Å². The first-order valence-corrected chi connectivity index (χ1v) is 3.18. The quantitative estimate of drug-likeness (QED) is 0.491. The molecule has 0 spiro atoms. The highest BCUT2D eigenvalue weighted by Crippen LogP contribution is 2.05. The number of amides is 1. The van der Waals surface area contributed by atoms with Gasteiger partial charge < -0.3 is 9.25 Å². The zero-order valence-electron chi connectivity index (χ0n) is 6.43. The largest absolute Gasteiger partial charge is 0.447 e. The minimum Gasteiger partial charge on any atom is -0.447 e. The van der Waals surface area contributed by atoms with Gasteiger partial charge in [-0.15, -0.1) is 0 Å². The lowest BCUT2D eigenvalue weighted by atomic mass is 10.6. The van der Waals surface area contributed by atoms with Gasteiger partial charge in [0.15, 0.2) is 0 Å². The molecule has 0 saturated heterocycles. The summed E-state index contributed by atoms with van der Waals surface area (Å²) in [7, 11) is 1.34. The summed E-state index contributed by atoms with van der Waals surface area (Å²) in [5.74, 6) is -0.269. The molecule has 0 aliphatic carbocycles. The van der Waals surface area contributed by atoms with Gasteiger partial charge in [-0.1, -0.05) is 5.16 Å². The molecule has 1 aromatic rings. The van der Waals surface area contributed by atoms with Crippen LogP contribution in [-0.4, -0.2) is 19.2 Å². The maximum atomic E-state index is 10.8. The van der Waals surface area contributed by atoms with Crippen molar-refractivity contribution in [2.24, 2.45) is 5.16 Å². The first-order valence-electron chi connectivity index (χ1n) is 3.18. The third-order valence-electron chi connectivity index (χ3n) is 0.995. The zero-order chi connectivity index (χ0) is 8.81. The fourth-order valence-electron chi connectivity index (χ4n) is 0.569. The van der Waals surface area contributed by atoms with Crippen molar-refractivity contribution in [2.75, 3.05) is 7.11 Å². The molecule has 1 heterocycles. The number of oxime groups is 1. The highest BCUT2D eigenvalue weighted by atomic mass is 16.6. The summed E-state index contributed by atoms with van der Waals surface area (Å²) in [6.45, 7) is 0. The fourth-order valence-corrected chi connectivity index (χ4v) is 0.569. The molecule has 1 radical (unpaired) electrons.